The first-order valence-electron chi connectivity index (χ1n) is 6.59. The van der Waals surface area contributed by atoms with Crippen molar-refractivity contribution in [1.29, 1.82) is 0 Å². The zero-order valence-corrected chi connectivity index (χ0v) is 12.6. The Kier molecular flexibility index (Phi) is 5.30. The van der Waals surface area contributed by atoms with Crippen LogP contribution in [0.15, 0.2) is 16.6 Å². The average molecular weight is 333 g/mol. The minimum absolute atomic E-state index is 0.178. The molecule has 1 aliphatic heterocycles. The zero-order valence-electron chi connectivity index (χ0n) is 11.1. The van der Waals surface area contributed by atoms with Crippen molar-refractivity contribution in [3.8, 4) is 0 Å². The van der Waals surface area contributed by atoms with Gasteiger partial charge < -0.3 is 5.32 Å². The highest BCUT2D eigenvalue weighted by molar-refractivity contribution is 9.10. The van der Waals surface area contributed by atoms with Crippen LogP contribution in [0.25, 0.3) is 0 Å². The number of piperazine rings is 1. The van der Waals surface area contributed by atoms with Crippen molar-refractivity contribution in [2.24, 2.45) is 0 Å². The highest BCUT2D eigenvalue weighted by Gasteiger charge is 2.25. The molecular formula is C14H19BrF2N2. The van der Waals surface area contributed by atoms with Crippen molar-refractivity contribution in [3.05, 3.63) is 33.5 Å². The first kappa shape index (κ1) is 14.9. The summed E-state index contributed by atoms with van der Waals surface area (Å²) in [6.07, 6.45) is 0.340. The standard InChI is InChI=1S/C14H19BrF2N2/c1-10-8-11(15)9-12(14(10)17)13(2-3-16)19-6-4-18-5-7-19/h8-9,13,18H,2-7H2,1H3/t13-/m0/s1. The molecule has 0 saturated carbocycles. The molecule has 19 heavy (non-hydrogen) atoms. The minimum atomic E-state index is -0.431. The quantitative estimate of drug-likeness (QED) is 0.910. The molecule has 1 aliphatic rings. The lowest BCUT2D eigenvalue weighted by atomic mass is 9.99. The van der Waals surface area contributed by atoms with E-state index in [0.29, 0.717) is 17.5 Å². The Hall–Kier alpha value is -0.520. The number of nitrogens with one attached hydrogen (secondary N) is 1. The molecule has 1 heterocycles. The Labute approximate surface area is 121 Å². The van der Waals surface area contributed by atoms with Gasteiger partial charge in [-0.1, -0.05) is 15.9 Å². The third-order valence-corrected chi connectivity index (χ3v) is 4.04. The maximum Gasteiger partial charge on any atom is 0.130 e. The summed E-state index contributed by atoms with van der Waals surface area (Å²) in [7, 11) is 0. The van der Waals surface area contributed by atoms with Crippen LogP contribution in [0, 0.1) is 12.7 Å². The van der Waals surface area contributed by atoms with E-state index >= 15 is 0 Å². The van der Waals surface area contributed by atoms with E-state index in [1.807, 2.05) is 0 Å². The molecule has 0 aliphatic carbocycles. The van der Waals surface area contributed by atoms with E-state index < -0.39 is 6.67 Å². The largest absolute Gasteiger partial charge is 0.314 e. The maximum atomic E-state index is 14.3. The van der Waals surface area contributed by atoms with Gasteiger partial charge in [0.1, 0.15) is 5.82 Å². The summed E-state index contributed by atoms with van der Waals surface area (Å²) in [5.41, 5.74) is 1.20. The second-order valence-electron chi connectivity index (χ2n) is 4.91. The molecule has 0 bridgehead atoms. The van der Waals surface area contributed by atoms with E-state index in [1.165, 1.54) is 0 Å². The van der Waals surface area contributed by atoms with Gasteiger partial charge in [-0.15, -0.1) is 0 Å². The molecule has 5 heteroatoms. The van der Waals surface area contributed by atoms with E-state index in [0.717, 1.165) is 30.7 Å². The van der Waals surface area contributed by atoms with Gasteiger partial charge in [-0.2, -0.15) is 0 Å². The molecule has 1 aromatic carbocycles. The number of rotatable bonds is 4. The van der Waals surface area contributed by atoms with Gasteiger partial charge in [-0.3, -0.25) is 9.29 Å². The fourth-order valence-corrected chi connectivity index (χ4v) is 3.22. The predicted octanol–water partition coefficient (Wildman–Crippen LogP) is 3.20. The summed E-state index contributed by atoms with van der Waals surface area (Å²) >= 11 is 3.40. The number of halogens is 3. The van der Waals surface area contributed by atoms with E-state index in [1.54, 1.807) is 19.1 Å². The van der Waals surface area contributed by atoms with Gasteiger partial charge >= 0.3 is 0 Å². The van der Waals surface area contributed by atoms with E-state index in [-0.39, 0.29) is 11.9 Å². The molecule has 1 atom stereocenters. The van der Waals surface area contributed by atoms with Crippen LogP contribution in [0.2, 0.25) is 0 Å². The summed E-state index contributed by atoms with van der Waals surface area (Å²) in [5.74, 6) is -0.208. The lowest BCUT2D eigenvalue weighted by Gasteiger charge is -2.35. The molecule has 106 valence electrons. The van der Waals surface area contributed by atoms with E-state index in [9.17, 15) is 8.78 Å². The van der Waals surface area contributed by atoms with Crippen LogP contribution in [0.1, 0.15) is 23.6 Å². The normalized spacial score (nSPS) is 18.5. The third-order valence-electron chi connectivity index (χ3n) is 3.58. The zero-order chi connectivity index (χ0) is 13.8. The van der Waals surface area contributed by atoms with Crippen LogP contribution in [0.4, 0.5) is 8.78 Å². The fraction of sp³-hybridized carbons (Fsp3) is 0.571. The van der Waals surface area contributed by atoms with Crippen LogP contribution in [0.3, 0.4) is 0 Å². The molecule has 2 nitrogen and oxygen atoms in total. The molecule has 0 radical (unpaired) electrons. The van der Waals surface area contributed by atoms with Gasteiger partial charge in [-0.25, -0.2) is 4.39 Å². The fourth-order valence-electron chi connectivity index (χ4n) is 2.63. The van der Waals surface area contributed by atoms with Crippen LogP contribution in [-0.2, 0) is 0 Å². The Balaban J connectivity index is 2.32. The smallest absolute Gasteiger partial charge is 0.130 e. The van der Waals surface area contributed by atoms with Gasteiger partial charge in [0.05, 0.1) is 6.67 Å². The highest BCUT2D eigenvalue weighted by atomic mass is 79.9. The molecule has 1 aromatic rings. The van der Waals surface area contributed by atoms with Gasteiger partial charge in [0.15, 0.2) is 0 Å². The van der Waals surface area contributed by atoms with E-state index in [2.05, 4.69) is 26.1 Å². The molecule has 0 spiro atoms. The van der Waals surface area contributed by atoms with Crippen molar-refractivity contribution >= 4 is 15.9 Å². The molecular weight excluding hydrogens is 314 g/mol. The van der Waals surface area contributed by atoms with Crippen LogP contribution in [-0.4, -0.2) is 37.8 Å². The van der Waals surface area contributed by atoms with Gasteiger partial charge in [0.2, 0.25) is 0 Å². The first-order chi connectivity index (χ1) is 9.13. The van der Waals surface area contributed by atoms with Crippen LogP contribution < -0.4 is 5.32 Å². The number of hydrogen-bond acceptors (Lipinski definition) is 2. The Morgan fingerprint density at radius 2 is 2.05 bits per heavy atom. The first-order valence-corrected chi connectivity index (χ1v) is 7.39. The summed E-state index contributed by atoms with van der Waals surface area (Å²) < 4.78 is 28.0. The molecule has 1 fully saturated rings. The number of hydrogen-bond donors (Lipinski definition) is 1. The van der Waals surface area contributed by atoms with Crippen molar-refractivity contribution in [1.82, 2.24) is 10.2 Å². The van der Waals surface area contributed by atoms with Gasteiger partial charge in [0, 0.05) is 42.3 Å². The summed E-state index contributed by atoms with van der Waals surface area (Å²) in [6, 6.07) is 3.36. The van der Waals surface area contributed by atoms with Gasteiger partial charge in [-0.05, 0) is 31.0 Å². The van der Waals surface area contributed by atoms with Crippen molar-refractivity contribution in [2.75, 3.05) is 32.9 Å². The maximum absolute atomic E-state index is 14.3. The van der Waals surface area contributed by atoms with Crippen molar-refractivity contribution < 1.29 is 8.78 Å². The van der Waals surface area contributed by atoms with Crippen molar-refractivity contribution in [2.45, 2.75) is 19.4 Å². The Morgan fingerprint density at radius 3 is 2.68 bits per heavy atom. The second-order valence-corrected chi connectivity index (χ2v) is 5.82. The average Bonchev–Trinajstić information content (AvgIpc) is 2.41. The van der Waals surface area contributed by atoms with Gasteiger partial charge in [0.25, 0.3) is 0 Å². The number of aryl methyl sites for hydroxylation is 1. The third kappa shape index (κ3) is 3.52. The van der Waals surface area contributed by atoms with Crippen molar-refractivity contribution in [3.63, 3.8) is 0 Å². The highest BCUT2D eigenvalue weighted by Crippen LogP contribution is 2.31. The number of alkyl halides is 1. The lowest BCUT2D eigenvalue weighted by molar-refractivity contribution is 0.154. The lowest BCUT2D eigenvalue weighted by Crippen LogP contribution is -2.45. The molecule has 0 aromatic heterocycles. The summed E-state index contributed by atoms with van der Waals surface area (Å²) in [5, 5.41) is 3.26. The minimum Gasteiger partial charge on any atom is -0.314 e. The molecule has 1 saturated heterocycles. The molecule has 0 unspecified atom stereocenters. The molecule has 0 amide bonds. The topological polar surface area (TPSA) is 15.3 Å². The Morgan fingerprint density at radius 1 is 1.37 bits per heavy atom. The van der Waals surface area contributed by atoms with Crippen LogP contribution in [0.5, 0.6) is 0 Å². The number of nitrogens with zero attached hydrogens (tertiary/aromatic N) is 1. The monoisotopic (exact) mass is 332 g/mol. The predicted molar refractivity (Wildman–Crippen MR) is 76.6 cm³/mol. The number of benzene rings is 1. The molecule has 2 rings (SSSR count). The SMILES string of the molecule is Cc1cc(Br)cc([C@H](CCF)N2CCNCC2)c1F. The Bertz CT molecular complexity index is 434. The van der Waals surface area contributed by atoms with Crippen LogP contribution >= 0.6 is 15.9 Å². The van der Waals surface area contributed by atoms with E-state index in [4.69, 9.17) is 0 Å². The summed E-state index contributed by atoms with van der Waals surface area (Å²) in [4.78, 5) is 2.17. The molecule has 1 N–H and O–H groups in total. The summed E-state index contributed by atoms with van der Waals surface area (Å²) in [6.45, 7) is 4.72. The second kappa shape index (κ2) is 6.77.